The molecular weight excluding hydrogens is 430 g/mol. The summed E-state index contributed by atoms with van der Waals surface area (Å²) in [5.74, 6) is -2.13. The summed E-state index contributed by atoms with van der Waals surface area (Å²) in [5, 5.41) is 24.5. The van der Waals surface area contributed by atoms with Crippen molar-refractivity contribution in [3.05, 3.63) is 51.8 Å². The number of nitrogens with one attached hydrogen (secondary N) is 2. The summed E-state index contributed by atoms with van der Waals surface area (Å²) in [6.45, 7) is 7.12. The topological polar surface area (TPSA) is 175 Å². The SMILES string of the molecule is CC(C)C(=O)NC(CC(=O)NC(Cc1cnnn1C(C)C)C(N)=O)c1ccccc1[N+](=O)[O-]. The van der Waals surface area contributed by atoms with Crippen molar-refractivity contribution in [3.63, 3.8) is 0 Å². The van der Waals surface area contributed by atoms with Crippen molar-refractivity contribution in [2.75, 3.05) is 0 Å². The van der Waals surface area contributed by atoms with Gasteiger partial charge in [-0.05, 0) is 13.8 Å². The van der Waals surface area contributed by atoms with Crippen molar-refractivity contribution in [1.29, 1.82) is 0 Å². The number of rotatable bonds is 11. The molecule has 12 nitrogen and oxygen atoms in total. The number of hydrogen-bond acceptors (Lipinski definition) is 7. The molecule has 0 fully saturated rings. The number of nitro groups is 1. The average molecular weight is 460 g/mol. The van der Waals surface area contributed by atoms with Gasteiger partial charge in [-0.15, -0.1) is 5.10 Å². The normalized spacial score (nSPS) is 12.9. The molecule has 2 atom stereocenters. The quantitative estimate of drug-likeness (QED) is 0.334. The minimum absolute atomic E-state index is 0.0130. The highest BCUT2D eigenvalue weighted by molar-refractivity contribution is 5.87. The first-order chi connectivity index (χ1) is 15.5. The van der Waals surface area contributed by atoms with Gasteiger partial charge >= 0.3 is 0 Å². The Bertz CT molecular complexity index is 1020. The Morgan fingerprint density at radius 1 is 1.15 bits per heavy atom. The Morgan fingerprint density at radius 3 is 2.39 bits per heavy atom. The summed E-state index contributed by atoms with van der Waals surface area (Å²) in [7, 11) is 0. The third kappa shape index (κ3) is 6.82. The summed E-state index contributed by atoms with van der Waals surface area (Å²) in [6.07, 6.45) is 1.23. The highest BCUT2D eigenvalue weighted by atomic mass is 16.6. The van der Waals surface area contributed by atoms with Crippen LogP contribution in [0.3, 0.4) is 0 Å². The first kappa shape index (κ1) is 25.4. The van der Waals surface area contributed by atoms with E-state index in [1.54, 1.807) is 24.6 Å². The molecule has 12 heteroatoms. The monoisotopic (exact) mass is 459 g/mol. The number of carbonyl (C=O) groups is 3. The molecule has 0 bridgehead atoms. The average Bonchev–Trinajstić information content (AvgIpc) is 3.21. The van der Waals surface area contributed by atoms with Gasteiger partial charge in [-0.2, -0.15) is 0 Å². The van der Waals surface area contributed by atoms with Gasteiger partial charge in [0.2, 0.25) is 17.7 Å². The Kier molecular flexibility index (Phi) is 8.60. The van der Waals surface area contributed by atoms with Gasteiger partial charge in [0.15, 0.2) is 0 Å². The molecule has 4 N–H and O–H groups in total. The minimum atomic E-state index is -1.05. The van der Waals surface area contributed by atoms with E-state index in [4.69, 9.17) is 5.73 Å². The number of amides is 3. The molecule has 0 aliphatic carbocycles. The maximum atomic E-state index is 12.8. The molecule has 0 radical (unpaired) electrons. The zero-order valence-electron chi connectivity index (χ0n) is 19.0. The number of carbonyl (C=O) groups excluding carboxylic acids is 3. The van der Waals surface area contributed by atoms with Crippen LogP contribution in [0.4, 0.5) is 5.69 Å². The Morgan fingerprint density at radius 2 is 1.82 bits per heavy atom. The van der Waals surface area contributed by atoms with E-state index in [0.717, 1.165) is 0 Å². The number of hydrogen-bond donors (Lipinski definition) is 3. The van der Waals surface area contributed by atoms with E-state index < -0.39 is 34.7 Å². The summed E-state index contributed by atoms with van der Waals surface area (Å²) >= 11 is 0. The molecule has 0 saturated heterocycles. The highest BCUT2D eigenvalue weighted by Crippen LogP contribution is 2.27. The summed E-state index contributed by atoms with van der Waals surface area (Å²) in [4.78, 5) is 48.1. The third-order valence-electron chi connectivity index (χ3n) is 4.97. The number of para-hydroxylation sites is 1. The zero-order chi connectivity index (χ0) is 24.7. The van der Waals surface area contributed by atoms with Gasteiger partial charge in [-0.1, -0.05) is 37.3 Å². The first-order valence-corrected chi connectivity index (χ1v) is 10.5. The number of aromatic nitrogens is 3. The number of nitro benzene ring substituents is 1. The lowest BCUT2D eigenvalue weighted by molar-refractivity contribution is -0.385. The molecule has 1 heterocycles. The van der Waals surface area contributed by atoms with Gasteiger partial charge < -0.3 is 16.4 Å². The number of nitrogens with zero attached hydrogens (tertiary/aromatic N) is 4. The van der Waals surface area contributed by atoms with E-state index in [1.165, 1.54) is 24.4 Å². The van der Waals surface area contributed by atoms with E-state index >= 15 is 0 Å². The van der Waals surface area contributed by atoms with Crippen LogP contribution >= 0.6 is 0 Å². The molecule has 0 aliphatic rings. The Hall–Kier alpha value is -3.83. The largest absolute Gasteiger partial charge is 0.368 e. The molecule has 33 heavy (non-hydrogen) atoms. The molecule has 1 aromatic heterocycles. The molecule has 0 spiro atoms. The second kappa shape index (κ2) is 11.2. The predicted octanol–water partition coefficient (Wildman–Crippen LogP) is 1.18. The van der Waals surface area contributed by atoms with Crippen LogP contribution in [0.5, 0.6) is 0 Å². The molecule has 2 aromatic rings. The maximum Gasteiger partial charge on any atom is 0.274 e. The standard InChI is InChI=1S/C21H29N7O5/c1-12(2)21(31)25-16(15-7-5-6-8-18(15)28(32)33)10-19(29)24-17(20(22)30)9-14-11-23-26-27(14)13(3)4/h5-8,11-13,16-17H,9-10H2,1-4H3,(H2,22,30)(H,24,29)(H,25,31). The van der Waals surface area contributed by atoms with Crippen molar-refractivity contribution in [2.24, 2.45) is 11.7 Å². The van der Waals surface area contributed by atoms with Crippen LogP contribution in [-0.4, -0.2) is 43.7 Å². The fourth-order valence-electron chi connectivity index (χ4n) is 3.24. The summed E-state index contributed by atoms with van der Waals surface area (Å²) in [6, 6.07) is 3.82. The van der Waals surface area contributed by atoms with Gasteiger partial charge in [0.1, 0.15) is 6.04 Å². The molecule has 2 unspecified atom stereocenters. The highest BCUT2D eigenvalue weighted by Gasteiger charge is 2.28. The van der Waals surface area contributed by atoms with Gasteiger partial charge in [0.25, 0.3) is 5.69 Å². The minimum Gasteiger partial charge on any atom is -0.368 e. The van der Waals surface area contributed by atoms with E-state index in [0.29, 0.717) is 5.69 Å². The van der Waals surface area contributed by atoms with Gasteiger partial charge in [0, 0.05) is 24.4 Å². The smallest absolute Gasteiger partial charge is 0.274 e. The van der Waals surface area contributed by atoms with Crippen LogP contribution in [0, 0.1) is 16.0 Å². The Labute approximate surface area is 191 Å². The van der Waals surface area contributed by atoms with Crippen LogP contribution in [0.2, 0.25) is 0 Å². The molecular formula is C21H29N7O5. The number of benzene rings is 1. The molecule has 0 aliphatic heterocycles. The van der Waals surface area contributed by atoms with Crippen molar-refractivity contribution in [1.82, 2.24) is 25.6 Å². The van der Waals surface area contributed by atoms with E-state index in [-0.39, 0.29) is 36.0 Å². The van der Waals surface area contributed by atoms with Crippen LogP contribution in [0.15, 0.2) is 30.5 Å². The lowest BCUT2D eigenvalue weighted by Crippen LogP contribution is -2.47. The third-order valence-corrected chi connectivity index (χ3v) is 4.97. The van der Waals surface area contributed by atoms with E-state index in [1.807, 2.05) is 13.8 Å². The lowest BCUT2D eigenvalue weighted by atomic mass is 9.99. The molecule has 3 amide bonds. The van der Waals surface area contributed by atoms with E-state index in [9.17, 15) is 24.5 Å². The van der Waals surface area contributed by atoms with E-state index in [2.05, 4.69) is 20.9 Å². The second-order valence-electron chi connectivity index (χ2n) is 8.23. The fraction of sp³-hybridized carbons (Fsp3) is 0.476. The first-order valence-electron chi connectivity index (χ1n) is 10.5. The Balaban J connectivity index is 2.25. The van der Waals surface area contributed by atoms with Crippen molar-refractivity contribution >= 4 is 23.4 Å². The molecule has 0 saturated carbocycles. The molecule has 1 aromatic carbocycles. The lowest BCUT2D eigenvalue weighted by Gasteiger charge is -2.22. The fourth-order valence-corrected chi connectivity index (χ4v) is 3.24. The summed E-state index contributed by atoms with van der Waals surface area (Å²) in [5.41, 5.74) is 6.06. The van der Waals surface area contributed by atoms with Crippen molar-refractivity contribution in [2.45, 2.75) is 58.7 Å². The van der Waals surface area contributed by atoms with Crippen LogP contribution in [0.1, 0.15) is 57.5 Å². The molecule has 178 valence electrons. The van der Waals surface area contributed by atoms with Gasteiger partial charge in [-0.3, -0.25) is 24.5 Å². The molecule has 2 rings (SSSR count). The number of primary amides is 1. The van der Waals surface area contributed by atoms with Crippen LogP contribution in [0.25, 0.3) is 0 Å². The van der Waals surface area contributed by atoms with Gasteiger partial charge in [0.05, 0.1) is 34.8 Å². The maximum absolute atomic E-state index is 12.8. The van der Waals surface area contributed by atoms with Gasteiger partial charge in [-0.25, -0.2) is 4.68 Å². The van der Waals surface area contributed by atoms with Crippen molar-refractivity contribution < 1.29 is 19.3 Å². The zero-order valence-corrected chi connectivity index (χ0v) is 19.0. The predicted molar refractivity (Wildman–Crippen MR) is 119 cm³/mol. The number of nitrogens with two attached hydrogens (primary N) is 1. The second-order valence-corrected chi connectivity index (χ2v) is 8.23. The summed E-state index contributed by atoms with van der Waals surface area (Å²) < 4.78 is 1.61. The van der Waals surface area contributed by atoms with Crippen LogP contribution in [-0.2, 0) is 20.8 Å². The van der Waals surface area contributed by atoms with Crippen LogP contribution < -0.4 is 16.4 Å². The van der Waals surface area contributed by atoms with Crippen molar-refractivity contribution in [3.8, 4) is 0 Å².